The number of quaternary nitrogens is 1. The molecule has 0 spiro atoms. The number of nitrogens with zero attached hydrogens (tertiary/aromatic N) is 1. The molecule has 5 heteroatoms. The first kappa shape index (κ1) is 45.4. The van der Waals surface area contributed by atoms with Crippen molar-refractivity contribution in [2.45, 2.75) is 194 Å². The van der Waals surface area contributed by atoms with Gasteiger partial charge in [0, 0.05) is 6.61 Å². The number of aliphatic hydroxyl groups excluding tert-OH is 2. The molecule has 0 bridgehead atoms. The molecule has 43 heavy (non-hydrogen) atoms. The molecule has 0 aromatic heterocycles. The van der Waals surface area contributed by atoms with E-state index in [1.165, 1.54) is 173 Å². The monoisotopic (exact) mass is 678 g/mol. The van der Waals surface area contributed by atoms with E-state index in [0.717, 1.165) is 50.3 Å². The quantitative estimate of drug-likeness (QED) is 0.0522. The molecule has 262 valence electrons. The van der Waals surface area contributed by atoms with E-state index >= 15 is 0 Å². The Bertz CT molecular complexity index is 488. The van der Waals surface area contributed by atoms with Gasteiger partial charge >= 0.3 is 0 Å². The van der Waals surface area contributed by atoms with Crippen LogP contribution in [0.2, 0.25) is 0 Å². The molecule has 0 rings (SSSR count). The second-order valence-electron chi connectivity index (χ2n) is 13.5. The normalized spacial score (nSPS) is 11.7. The zero-order valence-electron chi connectivity index (χ0n) is 29.6. The molecule has 4 nitrogen and oxygen atoms in total. The summed E-state index contributed by atoms with van der Waals surface area (Å²) in [5, 5.41) is 19.5. The van der Waals surface area contributed by atoms with Gasteiger partial charge in [0.05, 0.1) is 26.4 Å². The van der Waals surface area contributed by atoms with Crippen LogP contribution in [0.25, 0.3) is 0 Å². The minimum Gasteiger partial charge on any atom is -1.00 e. The number of aliphatic hydroxyl groups is 2. The number of rotatable bonds is 37. The van der Waals surface area contributed by atoms with Crippen LogP contribution in [-0.2, 0) is 4.74 Å². The number of hydrogen-bond acceptors (Lipinski definition) is 3. The number of hydrogen-bond donors (Lipinski definition) is 2. The van der Waals surface area contributed by atoms with Crippen LogP contribution >= 0.6 is 0 Å². The zero-order valence-corrected chi connectivity index (χ0v) is 31.2. The molecule has 0 aliphatic rings. The van der Waals surface area contributed by atoms with Crippen molar-refractivity contribution in [1.82, 2.24) is 0 Å². The van der Waals surface area contributed by atoms with Gasteiger partial charge in [-0.1, -0.05) is 174 Å². The highest BCUT2D eigenvalue weighted by atomic mass is 79.9. The molecule has 0 unspecified atom stereocenters. The number of halogens is 1. The molecule has 0 atom stereocenters. The standard InChI is InChI=1S/C38H80NO3.BrH/c1-3-5-7-9-11-13-15-17-19-21-23-25-27-29-31-39(32-35-40,33-36-41)34-38-42-37-30-28-26-24-22-20-18-16-14-12-10-8-6-4-2;/h40-41H,3-38H2,1-2H3;1H/q+1;/p-1. The Hall–Kier alpha value is 0.320. The maximum absolute atomic E-state index is 9.75. The Balaban J connectivity index is 0. The van der Waals surface area contributed by atoms with Crippen LogP contribution < -0.4 is 17.0 Å². The van der Waals surface area contributed by atoms with Crippen LogP contribution in [0.1, 0.15) is 194 Å². The zero-order chi connectivity index (χ0) is 30.7. The van der Waals surface area contributed by atoms with Crippen molar-refractivity contribution < 1.29 is 36.4 Å². The van der Waals surface area contributed by atoms with Crippen molar-refractivity contribution in [1.29, 1.82) is 0 Å². The third kappa shape index (κ3) is 33.5. The highest BCUT2D eigenvalue weighted by Gasteiger charge is 2.25. The summed E-state index contributed by atoms with van der Waals surface area (Å²) in [5.41, 5.74) is 0. The van der Waals surface area contributed by atoms with Crippen molar-refractivity contribution in [3.63, 3.8) is 0 Å². The molecule has 0 amide bonds. The summed E-state index contributed by atoms with van der Waals surface area (Å²) >= 11 is 0. The molecule has 0 fully saturated rings. The van der Waals surface area contributed by atoms with E-state index in [-0.39, 0.29) is 30.2 Å². The molecular formula is C38H80BrNO3. The fraction of sp³-hybridized carbons (Fsp3) is 1.00. The molecule has 0 aromatic carbocycles. The smallest absolute Gasteiger partial charge is 0.103 e. The average molecular weight is 679 g/mol. The van der Waals surface area contributed by atoms with Crippen molar-refractivity contribution in [2.24, 2.45) is 0 Å². The summed E-state index contributed by atoms with van der Waals surface area (Å²) in [7, 11) is 0. The predicted octanol–water partition coefficient (Wildman–Crippen LogP) is 7.77. The van der Waals surface area contributed by atoms with Gasteiger partial charge in [-0.05, 0) is 19.3 Å². The maximum Gasteiger partial charge on any atom is 0.103 e. The van der Waals surface area contributed by atoms with E-state index in [9.17, 15) is 10.2 Å². The summed E-state index contributed by atoms with van der Waals surface area (Å²) in [5.74, 6) is 0. The minimum atomic E-state index is 0. The van der Waals surface area contributed by atoms with Crippen LogP contribution in [0.5, 0.6) is 0 Å². The lowest BCUT2D eigenvalue weighted by molar-refractivity contribution is -0.929. The van der Waals surface area contributed by atoms with Crippen LogP contribution in [0.15, 0.2) is 0 Å². The Kier molecular flexibility index (Phi) is 40.7. The fourth-order valence-electron chi connectivity index (χ4n) is 6.50. The number of ether oxygens (including phenoxy) is 1. The summed E-state index contributed by atoms with van der Waals surface area (Å²) in [6, 6.07) is 0. The topological polar surface area (TPSA) is 49.7 Å². The van der Waals surface area contributed by atoms with E-state index in [1.807, 2.05) is 0 Å². The first-order chi connectivity index (χ1) is 20.7. The van der Waals surface area contributed by atoms with Gasteiger partial charge in [0.2, 0.25) is 0 Å². The van der Waals surface area contributed by atoms with E-state index in [0.29, 0.717) is 0 Å². The SMILES string of the molecule is CCCCCCCCCCCCCCCCOCC[N+](CCO)(CCO)CCCCCCCCCCCCCCCC.[Br-]. The molecule has 0 saturated heterocycles. The van der Waals surface area contributed by atoms with Crippen LogP contribution in [0.4, 0.5) is 0 Å². The maximum atomic E-state index is 9.75. The van der Waals surface area contributed by atoms with Gasteiger partial charge in [0.15, 0.2) is 0 Å². The molecule has 2 N–H and O–H groups in total. The lowest BCUT2D eigenvalue weighted by atomic mass is 10.0. The predicted molar refractivity (Wildman–Crippen MR) is 185 cm³/mol. The first-order valence-corrected chi connectivity index (χ1v) is 19.4. The lowest BCUT2D eigenvalue weighted by Gasteiger charge is -2.38. The van der Waals surface area contributed by atoms with Crippen molar-refractivity contribution in [3.05, 3.63) is 0 Å². The Morgan fingerprint density at radius 3 is 0.977 bits per heavy atom. The number of unbranched alkanes of at least 4 members (excludes halogenated alkanes) is 26. The first-order valence-electron chi connectivity index (χ1n) is 19.4. The molecule has 0 aromatic rings. The van der Waals surface area contributed by atoms with Gasteiger partial charge < -0.3 is 36.4 Å². The van der Waals surface area contributed by atoms with Crippen LogP contribution in [0, 0.1) is 0 Å². The lowest BCUT2D eigenvalue weighted by Crippen LogP contribution is -3.00. The fourth-order valence-corrected chi connectivity index (χ4v) is 6.50. The molecule has 0 heterocycles. The second-order valence-corrected chi connectivity index (χ2v) is 13.5. The largest absolute Gasteiger partial charge is 1.00 e. The highest BCUT2D eigenvalue weighted by molar-refractivity contribution is 4.53. The van der Waals surface area contributed by atoms with Gasteiger partial charge in [-0.3, -0.25) is 0 Å². The summed E-state index contributed by atoms with van der Waals surface area (Å²) < 4.78 is 6.84. The van der Waals surface area contributed by atoms with E-state index in [4.69, 9.17) is 4.74 Å². The van der Waals surface area contributed by atoms with Crippen LogP contribution in [-0.4, -0.2) is 67.3 Å². The van der Waals surface area contributed by atoms with Crippen molar-refractivity contribution in [3.8, 4) is 0 Å². The van der Waals surface area contributed by atoms with Gasteiger partial charge in [-0.15, -0.1) is 0 Å². The average Bonchev–Trinajstić information content (AvgIpc) is 2.99. The van der Waals surface area contributed by atoms with Gasteiger partial charge in [0.25, 0.3) is 0 Å². The molecule has 0 saturated carbocycles. The summed E-state index contributed by atoms with van der Waals surface area (Å²) in [6.45, 7) is 10.0. The highest BCUT2D eigenvalue weighted by Crippen LogP contribution is 2.16. The van der Waals surface area contributed by atoms with Gasteiger partial charge in [-0.25, -0.2) is 0 Å². The third-order valence-electron chi connectivity index (χ3n) is 9.49. The Labute approximate surface area is 281 Å². The summed E-state index contributed by atoms with van der Waals surface area (Å²) in [6.07, 6.45) is 38.6. The second kappa shape index (κ2) is 38.5. The summed E-state index contributed by atoms with van der Waals surface area (Å²) in [4.78, 5) is 0. The van der Waals surface area contributed by atoms with E-state index in [1.54, 1.807) is 0 Å². The van der Waals surface area contributed by atoms with Gasteiger partial charge in [-0.2, -0.15) is 0 Å². The molecular weight excluding hydrogens is 598 g/mol. The van der Waals surface area contributed by atoms with Crippen LogP contribution in [0.3, 0.4) is 0 Å². The molecule has 0 aliphatic heterocycles. The Morgan fingerprint density at radius 2 is 0.651 bits per heavy atom. The van der Waals surface area contributed by atoms with Crippen molar-refractivity contribution in [2.75, 3.05) is 52.6 Å². The van der Waals surface area contributed by atoms with Gasteiger partial charge in [0.1, 0.15) is 19.6 Å². The van der Waals surface area contributed by atoms with E-state index in [2.05, 4.69) is 13.8 Å². The third-order valence-corrected chi connectivity index (χ3v) is 9.49. The van der Waals surface area contributed by atoms with E-state index < -0.39 is 0 Å². The Morgan fingerprint density at radius 1 is 0.349 bits per heavy atom. The minimum absolute atomic E-state index is 0. The van der Waals surface area contributed by atoms with Crippen molar-refractivity contribution >= 4 is 0 Å². The molecule has 0 aliphatic carbocycles. The molecule has 0 radical (unpaired) electrons.